The fourth-order valence-electron chi connectivity index (χ4n) is 2.53. The molecule has 2 atom stereocenters. The zero-order valence-electron chi connectivity index (χ0n) is 10.4. The van der Waals surface area contributed by atoms with Gasteiger partial charge in [-0.25, -0.2) is 8.78 Å². The predicted molar refractivity (Wildman–Crippen MR) is 64.9 cm³/mol. The van der Waals surface area contributed by atoms with E-state index in [0.29, 0.717) is 17.0 Å². The lowest BCUT2D eigenvalue weighted by atomic mass is 9.87. The largest absolute Gasteiger partial charge is 0.310 e. The molecule has 1 N–H and O–H groups in total. The van der Waals surface area contributed by atoms with E-state index in [1.54, 1.807) is 19.1 Å². The van der Waals surface area contributed by atoms with Gasteiger partial charge in [-0.3, -0.25) is 0 Å². The standard InChI is InChI=1S/C14H19F2N/c1-3-10-6-7-17-12(8-10)11-5-4-9(2)13(15)14(11)16/h4-5,10,12,17H,3,6-8H2,1-2H3. The first-order chi connectivity index (χ1) is 8.13. The van der Waals surface area contributed by atoms with Crippen molar-refractivity contribution < 1.29 is 8.78 Å². The van der Waals surface area contributed by atoms with Gasteiger partial charge in [0.05, 0.1) is 0 Å². The summed E-state index contributed by atoms with van der Waals surface area (Å²) in [7, 11) is 0. The van der Waals surface area contributed by atoms with Gasteiger partial charge in [-0.1, -0.05) is 25.5 Å². The summed E-state index contributed by atoms with van der Waals surface area (Å²) >= 11 is 0. The minimum Gasteiger partial charge on any atom is -0.310 e. The van der Waals surface area contributed by atoms with Crippen molar-refractivity contribution in [3.63, 3.8) is 0 Å². The molecule has 1 aromatic rings. The molecule has 0 saturated carbocycles. The van der Waals surface area contributed by atoms with Gasteiger partial charge in [0.15, 0.2) is 11.6 Å². The lowest BCUT2D eigenvalue weighted by molar-refractivity contribution is 0.292. The Morgan fingerprint density at radius 2 is 2.06 bits per heavy atom. The van der Waals surface area contributed by atoms with Crippen LogP contribution in [0.2, 0.25) is 0 Å². The lowest BCUT2D eigenvalue weighted by Crippen LogP contribution is -2.32. The Morgan fingerprint density at radius 3 is 2.76 bits per heavy atom. The Morgan fingerprint density at radius 1 is 1.29 bits per heavy atom. The molecule has 94 valence electrons. The number of halogens is 2. The van der Waals surface area contributed by atoms with E-state index in [9.17, 15) is 8.78 Å². The summed E-state index contributed by atoms with van der Waals surface area (Å²) in [5, 5.41) is 3.28. The van der Waals surface area contributed by atoms with Crippen LogP contribution in [0.4, 0.5) is 8.78 Å². The molecule has 0 aliphatic carbocycles. The highest BCUT2D eigenvalue weighted by molar-refractivity contribution is 5.28. The van der Waals surface area contributed by atoms with Crippen molar-refractivity contribution >= 4 is 0 Å². The summed E-state index contributed by atoms with van der Waals surface area (Å²) < 4.78 is 27.4. The number of piperidine rings is 1. The van der Waals surface area contributed by atoms with Gasteiger partial charge in [-0.15, -0.1) is 0 Å². The zero-order chi connectivity index (χ0) is 12.4. The highest BCUT2D eigenvalue weighted by Gasteiger charge is 2.25. The van der Waals surface area contributed by atoms with Gasteiger partial charge in [0.1, 0.15) is 0 Å². The number of nitrogens with one attached hydrogen (secondary N) is 1. The van der Waals surface area contributed by atoms with Gasteiger partial charge in [-0.2, -0.15) is 0 Å². The Balaban J connectivity index is 2.25. The Kier molecular flexibility index (Phi) is 3.77. The molecule has 1 aliphatic heterocycles. The monoisotopic (exact) mass is 239 g/mol. The molecule has 0 radical (unpaired) electrons. The predicted octanol–water partition coefficient (Wildman–Crippen LogP) is 3.72. The third kappa shape index (κ3) is 2.49. The first kappa shape index (κ1) is 12.5. The maximum atomic E-state index is 13.9. The van der Waals surface area contributed by atoms with Crippen molar-refractivity contribution in [1.82, 2.24) is 5.32 Å². The number of aryl methyl sites for hydroxylation is 1. The first-order valence-electron chi connectivity index (χ1n) is 6.31. The van der Waals surface area contributed by atoms with E-state index in [4.69, 9.17) is 0 Å². The van der Waals surface area contributed by atoms with E-state index in [1.807, 2.05) is 0 Å². The molecule has 1 fully saturated rings. The lowest BCUT2D eigenvalue weighted by Gasteiger charge is -2.30. The van der Waals surface area contributed by atoms with E-state index >= 15 is 0 Å². The highest BCUT2D eigenvalue weighted by Crippen LogP contribution is 2.31. The quantitative estimate of drug-likeness (QED) is 0.829. The summed E-state index contributed by atoms with van der Waals surface area (Å²) in [5.74, 6) is -0.771. The van der Waals surface area contributed by atoms with Gasteiger partial charge >= 0.3 is 0 Å². The van der Waals surface area contributed by atoms with Crippen LogP contribution in [0.5, 0.6) is 0 Å². The minimum atomic E-state index is -0.706. The molecule has 0 spiro atoms. The van der Waals surface area contributed by atoms with Crippen molar-refractivity contribution in [1.29, 1.82) is 0 Å². The fraction of sp³-hybridized carbons (Fsp3) is 0.571. The molecule has 0 aromatic heterocycles. The third-order valence-electron chi connectivity index (χ3n) is 3.77. The van der Waals surface area contributed by atoms with Crippen molar-refractivity contribution in [3.8, 4) is 0 Å². The minimum absolute atomic E-state index is 0.0381. The summed E-state index contributed by atoms with van der Waals surface area (Å²) in [4.78, 5) is 0. The number of benzene rings is 1. The Bertz CT molecular complexity index is 403. The summed E-state index contributed by atoms with van der Waals surface area (Å²) in [6.07, 6.45) is 3.13. The average molecular weight is 239 g/mol. The second-order valence-corrected chi connectivity index (χ2v) is 4.91. The normalized spacial score (nSPS) is 24.9. The topological polar surface area (TPSA) is 12.0 Å². The van der Waals surface area contributed by atoms with Gasteiger partial charge in [0.2, 0.25) is 0 Å². The second-order valence-electron chi connectivity index (χ2n) is 4.91. The van der Waals surface area contributed by atoms with Gasteiger partial charge in [0.25, 0.3) is 0 Å². The van der Waals surface area contributed by atoms with Gasteiger partial charge in [0, 0.05) is 11.6 Å². The van der Waals surface area contributed by atoms with Crippen LogP contribution in [-0.4, -0.2) is 6.54 Å². The van der Waals surface area contributed by atoms with Crippen molar-refractivity contribution in [2.45, 2.75) is 39.2 Å². The summed E-state index contributed by atoms with van der Waals surface area (Å²) in [6.45, 7) is 4.63. The molecular formula is C14H19F2N. The van der Waals surface area contributed by atoms with Crippen LogP contribution in [0.3, 0.4) is 0 Å². The maximum absolute atomic E-state index is 13.9. The Hall–Kier alpha value is -0.960. The number of hydrogen-bond acceptors (Lipinski definition) is 1. The van der Waals surface area contributed by atoms with Crippen LogP contribution >= 0.6 is 0 Å². The molecule has 1 saturated heterocycles. The molecular weight excluding hydrogens is 220 g/mol. The van der Waals surface area contributed by atoms with Gasteiger partial charge < -0.3 is 5.32 Å². The molecule has 1 aromatic carbocycles. The molecule has 17 heavy (non-hydrogen) atoms. The van der Waals surface area contributed by atoms with E-state index in [2.05, 4.69) is 12.2 Å². The van der Waals surface area contributed by atoms with Crippen LogP contribution in [0.15, 0.2) is 12.1 Å². The molecule has 0 bridgehead atoms. The summed E-state index contributed by atoms with van der Waals surface area (Å²) in [6, 6.07) is 3.33. The maximum Gasteiger partial charge on any atom is 0.163 e. The molecule has 1 nitrogen and oxygen atoms in total. The molecule has 2 rings (SSSR count). The van der Waals surface area contributed by atoms with Crippen molar-refractivity contribution in [3.05, 3.63) is 34.9 Å². The SMILES string of the molecule is CCC1CCNC(c2ccc(C)c(F)c2F)C1. The summed E-state index contributed by atoms with van der Waals surface area (Å²) in [5.41, 5.74) is 0.848. The zero-order valence-corrected chi connectivity index (χ0v) is 10.4. The Labute approximate surface area is 101 Å². The average Bonchev–Trinajstić information content (AvgIpc) is 2.36. The molecule has 2 unspecified atom stereocenters. The van der Waals surface area contributed by atoms with Crippen LogP contribution in [0.25, 0.3) is 0 Å². The van der Waals surface area contributed by atoms with E-state index in [0.717, 1.165) is 25.8 Å². The fourth-order valence-corrected chi connectivity index (χ4v) is 2.53. The third-order valence-corrected chi connectivity index (χ3v) is 3.77. The van der Waals surface area contributed by atoms with Crippen LogP contribution in [0, 0.1) is 24.5 Å². The highest BCUT2D eigenvalue weighted by atomic mass is 19.2. The molecule has 0 amide bonds. The van der Waals surface area contributed by atoms with Crippen LogP contribution < -0.4 is 5.32 Å². The first-order valence-corrected chi connectivity index (χ1v) is 6.31. The van der Waals surface area contributed by atoms with Crippen LogP contribution in [-0.2, 0) is 0 Å². The number of rotatable bonds is 2. The van der Waals surface area contributed by atoms with E-state index < -0.39 is 11.6 Å². The van der Waals surface area contributed by atoms with Crippen LogP contribution in [0.1, 0.15) is 43.4 Å². The van der Waals surface area contributed by atoms with Crippen molar-refractivity contribution in [2.75, 3.05) is 6.54 Å². The number of hydrogen-bond donors (Lipinski definition) is 1. The van der Waals surface area contributed by atoms with Gasteiger partial charge in [-0.05, 0) is 37.8 Å². The smallest absolute Gasteiger partial charge is 0.163 e. The molecule has 1 heterocycles. The van der Waals surface area contributed by atoms with Crippen molar-refractivity contribution in [2.24, 2.45) is 5.92 Å². The second kappa shape index (κ2) is 5.13. The van der Waals surface area contributed by atoms with E-state index in [1.165, 1.54) is 0 Å². The van der Waals surface area contributed by atoms with E-state index in [-0.39, 0.29) is 6.04 Å². The molecule has 1 aliphatic rings. The molecule has 3 heteroatoms.